The van der Waals surface area contributed by atoms with Gasteiger partial charge in [-0.1, -0.05) is 12.1 Å². The van der Waals surface area contributed by atoms with Crippen LogP contribution < -0.4 is 0 Å². The summed E-state index contributed by atoms with van der Waals surface area (Å²) in [5.41, 5.74) is 0.151. The number of halogens is 1. The zero-order valence-corrected chi connectivity index (χ0v) is 12.1. The van der Waals surface area contributed by atoms with Gasteiger partial charge in [0, 0.05) is 20.2 Å². The molecular formula is C13H18FNO4S. The summed E-state index contributed by atoms with van der Waals surface area (Å²) in [7, 11) is -2.46. The Balaban J connectivity index is 3.24. The molecule has 0 saturated heterocycles. The molecule has 20 heavy (non-hydrogen) atoms. The van der Waals surface area contributed by atoms with Crippen LogP contribution in [-0.2, 0) is 21.4 Å². The van der Waals surface area contributed by atoms with Crippen molar-refractivity contribution >= 4 is 10.0 Å². The van der Waals surface area contributed by atoms with Gasteiger partial charge < -0.3 is 9.84 Å². The zero-order valence-electron chi connectivity index (χ0n) is 11.3. The van der Waals surface area contributed by atoms with Gasteiger partial charge >= 0.3 is 0 Å². The molecule has 0 bridgehead atoms. The SMILES string of the molecule is C=CCN(CCOC)S(=O)(=O)c1cc(F)ccc1CO. The van der Waals surface area contributed by atoms with Crippen molar-refractivity contribution in [3.05, 3.63) is 42.2 Å². The van der Waals surface area contributed by atoms with E-state index in [-0.39, 0.29) is 30.2 Å². The van der Waals surface area contributed by atoms with E-state index in [0.29, 0.717) is 0 Å². The Bertz CT molecular complexity index is 559. The molecule has 0 aliphatic carbocycles. The van der Waals surface area contributed by atoms with E-state index < -0.39 is 22.4 Å². The normalized spacial score (nSPS) is 11.8. The molecule has 0 spiro atoms. The summed E-state index contributed by atoms with van der Waals surface area (Å²) in [6, 6.07) is 3.27. The predicted octanol–water partition coefficient (Wildman–Crippen LogP) is 1.14. The second-order valence-corrected chi connectivity index (χ2v) is 5.96. The largest absolute Gasteiger partial charge is 0.392 e. The fourth-order valence-corrected chi connectivity index (χ4v) is 3.31. The fourth-order valence-electron chi connectivity index (χ4n) is 1.68. The van der Waals surface area contributed by atoms with Crippen molar-refractivity contribution < 1.29 is 22.7 Å². The van der Waals surface area contributed by atoms with Crippen molar-refractivity contribution in [1.29, 1.82) is 0 Å². The van der Waals surface area contributed by atoms with Crippen molar-refractivity contribution in [2.45, 2.75) is 11.5 Å². The van der Waals surface area contributed by atoms with Crippen LogP contribution in [0.5, 0.6) is 0 Å². The monoisotopic (exact) mass is 303 g/mol. The van der Waals surface area contributed by atoms with Gasteiger partial charge in [-0.25, -0.2) is 12.8 Å². The lowest BCUT2D eigenvalue weighted by molar-refractivity contribution is 0.182. The van der Waals surface area contributed by atoms with Crippen LogP contribution in [0.3, 0.4) is 0 Å². The number of nitrogens with zero attached hydrogens (tertiary/aromatic N) is 1. The first kappa shape index (κ1) is 16.8. The lowest BCUT2D eigenvalue weighted by atomic mass is 10.2. The molecule has 112 valence electrons. The maximum atomic E-state index is 13.3. The first-order chi connectivity index (χ1) is 9.47. The maximum absolute atomic E-state index is 13.3. The van der Waals surface area contributed by atoms with Gasteiger partial charge in [0.15, 0.2) is 0 Å². The molecule has 0 amide bonds. The Hall–Kier alpha value is -1.28. The number of rotatable bonds is 8. The summed E-state index contributed by atoms with van der Waals surface area (Å²) in [5, 5.41) is 9.21. The van der Waals surface area contributed by atoms with Gasteiger partial charge in [0.2, 0.25) is 10.0 Å². The minimum absolute atomic E-state index is 0.0765. The van der Waals surface area contributed by atoms with Crippen molar-refractivity contribution in [2.75, 3.05) is 26.8 Å². The second-order valence-electron chi connectivity index (χ2n) is 4.05. The lowest BCUT2D eigenvalue weighted by Crippen LogP contribution is -2.34. The molecule has 5 nitrogen and oxygen atoms in total. The predicted molar refractivity (Wildman–Crippen MR) is 73.2 cm³/mol. The number of sulfonamides is 1. The molecule has 0 unspecified atom stereocenters. The highest BCUT2D eigenvalue weighted by Gasteiger charge is 2.26. The molecule has 0 aliphatic rings. The average Bonchev–Trinajstić information content (AvgIpc) is 2.43. The Kier molecular flexibility index (Phi) is 6.28. The molecular weight excluding hydrogens is 285 g/mol. The summed E-state index contributed by atoms with van der Waals surface area (Å²) < 4.78 is 44.3. The molecule has 0 heterocycles. The first-order valence-corrected chi connectivity index (χ1v) is 7.40. The van der Waals surface area contributed by atoms with Gasteiger partial charge in [-0.3, -0.25) is 0 Å². The van der Waals surface area contributed by atoms with E-state index >= 15 is 0 Å². The summed E-state index contributed by atoms with van der Waals surface area (Å²) in [5.74, 6) is -0.675. The number of benzene rings is 1. The van der Waals surface area contributed by atoms with Crippen LogP contribution in [0.1, 0.15) is 5.56 Å². The highest BCUT2D eigenvalue weighted by Crippen LogP contribution is 2.21. The van der Waals surface area contributed by atoms with Crippen LogP contribution in [0.25, 0.3) is 0 Å². The van der Waals surface area contributed by atoms with E-state index in [1.54, 1.807) is 0 Å². The lowest BCUT2D eigenvalue weighted by Gasteiger charge is -2.21. The fraction of sp³-hybridized carbons (Fsp3) is 0.385. The van der Waals surface area contributed by atoms with Crippen molar-refractivity contribution in [2.24, 2.45) is 0 Å². The van der Waals surface area contributed by atoms with E-state index in [4.69, 9.17) is 4.74 Å². The van der Waals surface area contributed by atoms with Gasteiger partial charge in [-0.2, -0.15) is 4.31 Å². The third kappa shape index (κ3) is 3.86. The number of aliphatic hydroxyl groups excluding tert-OH is 1. The topological polar surface area (TPSA) is 66.8 Å². The summed E-state index contributed by atoms with van der Waals surface area (Å²) in [4.78, 5) is -0.238. The Morgan fingerprint density at radius 1 is 1.50 bits per heavy atom. The van der Waals surface area contributed by atoms with E-state index in [1.165, 1.54) is 19.3 Å². The molecule has 1 N–H and O–H groups in total. The standard InChI is InChI=1S/C13H18FNO4S/c1-3-6-15(7-8-19-2)20(17,18)13-9-12(14)5-4-11(13)10-16/h3-5,9,16H,1,6-8,10H2,2H3. The van der Waals surface area contributed by atoms with Gasteiger partial charge in [0.25, 0.3) is 0 Å². The van der Waals surface area contributed by atoms with Gasteiger partial charge in [0.05, 0.1) is 18.1 Å². The minimum Gasteiger partial charge on any atom is -0.392 e. The molecule has 0 aromatic heterocycles. The summed E-state index contributed by atoms with van der Waals surface area (Å²) >= 11 is 0. The zero-order chi connectivity index (χ0) is 15.2. The highest BCUT2D eigenvalue weighted by atomic mass is 32.2. The number of methoxy groups -OCH3 is 1. The van der Waals surface area contributed by atoms with Crippen molar-refractivity contribution in [3.63, 3.8) is 0 Å². The molecule has 0 atom stereocenters. The molecule has 1 aromatic carbocycles. The van der Waals surface area contributed by atoms with Crippen LogP contribution in [0.15, 0.2) is 35.7 Å². The Labute approximate surface area is 118 Å². The minimum atomic E-state index is -3.92. The third-order valence-electron chi connectivity index (χ3n) is 2.69. The third-order valence-corrected chi connectivity index (χ3v) is 4.64. The van der Waals surface area contributed by atoms with E-state index in [9.17, 15) is 17.9 Å². The van der Waals surface area contributed by atoms with Crippen molar-refractivity contribution in [1.82, 2.24) is 4.31 Å². The van der Waals surface area contributed by atoms with E-state index in [0.717, 1.165) is 16.4 Å². The van der Waals surface area contributed by atoms with E-state index in [2.05, 4.69) is 6.58 Å². The highest BCUT2D eigenvalue weighted by molar-refractivity contribution is 7.89. The van der Waals surface area contributed by atoms with Crippen LogP contribution in [0.2, 0.25) is 0 Å². The quantitative estimate of drug-likeness (QED) is 0.731. The average molecular weight is 303 g/mol. The molecule has 1 rings (SSSR count). The van der Waals surface area contributed by atoms with Crippen LogP contribution in [-0.4, -0.2) is 44.6 Å². The molecule has 7 heteroatoms. The first-order valence-electron chi connectivity index (χ1n) is 5.96. The molecule has 1 aromatic rings. The summed E-state index contributed by atoms with van der Waals surface area (Å²) in [6.07, 6.45) is 1.44. The Morgan fingerprint density at radius 3 is 2.75 bits per heavy atom. The van der Waals surface area contributed by atoms with Gasteiger partial charge in [-0.05, 0) is 17.7 Å². The number of ether oxygens (including phenoxy) is 1. The number of hydrogen-bond acceptors (Lipinski definition) is 4. The summed E-state index contributed by atoms with van der Waals surface area (Å²) in [6.45, 7) is 3.42. The second kappa shape index (κ2) is 7.49. The number of hydrogen-bond donors (Lipinski definition) is 1. The van der Waals surface area contributed by atoms with Crippen molar-refractivity contribution in [3.8, 4) is 0 Å². The molecule has 0 fully saturated rings. The maximum Gasteiger partial charge on any atom is 0.243 e. The Morgan fingerprint density at radius 2 is 2.20 bits per heavy atom. The van der Waals surface area contributed by atoms with Crippen LogP contribution in [0, 0.1) is 5.82 Å². The van der Waals surface area contributed by atoms with E-state index in [1.807, 2.05) is 0 Å². The molecule has 0 aliphatic heterocycles. The number of aliphatic hydroxyl groups is 1. The molecule has 0 radical (unpaired) electrons. The van der Waals surface area contributed by atoms with Crippen LogP contribution >= 0.6 is 0 Å². The van der Waals surface area contributed by atoms with Gasteiger partial charge in [0.1, 0.15) is 5.82 Å². The smallest absolute Gasteiger partial charge is 0.243 e. The van der Waals surface area contributed by atoms with Gasteiger partial charge in [-0.15, -0.1) is 6.58 Å². The van der Waals surface area contributed by atoms with Crippen LogP contribution in [0.4, 0.5) is 4.39 Å². The molecule has 0 saturated carbocycles.